The Morgan fingerprint density at radius 1 is 1.27 bits per heavy atom. The predicted octanol–water partition coefficient (Wildman–Crippen LogP) is 1.09. The molecular weight excluding hydrogens is 250 g/mol. The Hall–Kier alpha value is -0.247. The third-order valence-electron chi connectivity index (χ3n) is 0.726. The van der Waals surface area contributed by atoms with Gasteiger partial charge in [0, 0.05) is 19.5 Å². The predicted molar refractivity (Wildman–Crippen MR) is 26.4 cm³/mol. The number of ketones is 2. The third kappa shape index (κ3) is 6.16. The molecule has 0 rings (SSSR count). The van der Waals surface area contributed by atoms with Crippen molar-refractivity contribution in [2.24, 2.45) is 0 Å². The largest absolute Gasteiger partial charge is 0.450 e. The van der Waals surface area contributed by atoms with Gasteiger partial charge in [-0.2, -0.15) is 13.2 Å². The first-order valence-electron chi connectivity index (χ1n) is 2.43. The van der Waals surface area contributed by atoms with Gasteiger partial charge < -0.3 is 0 Å². The molecule has 0 aromatic rings. The first-order chi connectivity index (χ1) is 4.34. The zero-order valence-electron chi connectivity index (χ0n) is 5.51. The van der Waals surface area contributed by atoms with Gasteiger partial charge in [0.15, 0.2) is 0 Å². The molecule has 0 aliphatic rings. The van der Waals surface area contributed by atoms with Gasteiger partial charge in [0.05, 0.1) is 6.42 Å². The quantitative estimate of drug-likeness (QED) is 0.547. The Morgan fingerprint density at radius 3 is 1.73 bits per heavy atom. The first-order valence-corrected chi connectivity index (χ1v) is 2.43. The van der Waals surface area contributed by atoms with Crippen LogP contribution >= 0.6 is 0 Å². The molecule has 0 bridgehead atoms. The van der Waals surface area contributed by atoms with Gasteiger partial charge >= 0.3 is 6.18 Å². The Labute approximate surface area is 73.9 Å². The smallest absolute Gasteiger partial charge is 0.300 e. The third-order valence-corrected chi connectivity index (χ3v) is 0.726. The number of carbonyl (C=O) groups excluding carboxylic acids is 2. The van der Waals surface area contributed by atoms with Gasteiger partial charge in [0.2, 0.25) is 5.78 Å². The summed E-state index contributed by atoms with van der Waals surface area (Å²) in [6, 6.07) is 0. The van der Waals surface area contributed by atoms with Crippen molar-refractivity contribution in [3.05, 3.63) is 0 Å². The van der Waals surface area contributed by atoms with E-state index in [1.165, 1.54) is 0 Å². The van der Waals surface area contributed by atoms with Gasteiger partial charge in [-0.25, -0.2) is 0 Å². The summed E-state index contributed by atoms with van der Waals surface area (Å²) in [6.07, 6.45) is -5.92. The minimum absolute atomic E-state index is 0. The molecule has 0 aromatic heterocycles. The minimum atomic E-state index is -4.87. The summed E-state index contributed by atoms with van der Waals surface area (Å²) in [7, 11) is 0. The monoisotopic (exact) mass is 256 g/mol. The van der Waals surface area contributed by atoms with Crippen LogP contribution in [0.5, 0.6) is 0 Å². The number of carbonyl (C=O) groups is 2. The molecular formula is C5H5F3O2Ru. The standard InChI is InChI=1S/C5H5F3O2.Ru/c1-3(9)2-4(10)5(6,7)8;/h2H2,1H3;. The van der Waals surface area contributed by atoms with Gasteiger partial charge in [-0.3, -0.25) is 9.59 Å². The molecule has 0 aliphatic carbocycles. The van der Waals surface area contributed by atoms with E-state index in [1.54, 1.807) is 0 Å². The van der Waals surface area contributed by atoms with Crippen LogP contribution in [0.2, 0.25) is 0 Å². The van der Waals surface area contributed by atoms with E-state index in [9.17, 15) is 22.8 Å². The van der Waals surface area contributed by atoms with E-state index in [4.69, 9.17) is 0 Å². The number of Topliss-reactive ketones (excluding diaryl/α,β-unsaturated/α-hetero) is 2. The minimum Gasteiger partial charge on any atom is -0.300 e. The van der Waals surface area contributed by atoms with E-state index >= 15 is 0 Å². The fourth-order valence-electron chi connectivity index (χ4n) is 0.326. The van der Waals surface area contributed by atoms with Crippen LogP contribution in [0.15, 0.2) is 0 Å². The molecule has 0 radical (unpaired) electrons. The summed E-state index contributed by atoms with van der Waals surface area (Å²) in [5, 5.41) is 0. The van der Waals surface area contributed by atoms with E-state index in [0.29, 0.717) is 0 Å². The van der Waals surface area contributed by atoms with Crippen molar-refractivity contribution in [3.8, 4) is 0 Å². The van der Waals surface area contributed by atoms with Crippen LogP contribution in [0.1, 0.15) is 13.3 Å². The summed E-state index contributed by atoms with van der Waals surface area (Å²) in [6.45, 7) is 0.934. The maximum Gasteiger partial charge on any atom is 0.450 e. The summed E-state index contributed by atoms with van der Waals surface area (Å²) < 4.78 is 33.9. The van der Waals surface area contributed by atoms with Crippen molar-refractivity contribution in [3.63, 3.8) is 0 Å². The molecule has 0 heterocycles. The fourth-order valence-corrected chi connectivity index (χ4v) is 0.326. The van der Waals surface area contributed by atoms with Crippen molar-refractivity contribution in [1.82, 2.24) is 0 Å². The van der Waals surface area contributed by atoms with Crippen LogP contribution in [0, 0.1) is 0 Å². The van der Waals surface area contributed by atoms with Gasteiger partial charge in [-0.05, 0) is 6.92 Å². The van der Waals surface area contributed by atoms with E-state index in [2.05, 4.69) is 0 Å². The van der Waals surface area contributed by atoms with Crippen LogP contribution in [0.3, 0.4) is 0 Å². The molecule has 0 saturated carbocycles. The zero-order valence-corrected chi connectivity index (χ0v) is 7.25. The molecule has 0 fully saturated rings. The fraction of sp³-hybridized carbons (Fsp3) is 0.600. The van der Waals surface area contributed by atoms with Crippen molar-refractivity contribution in [1.29, 1.82) is 0 Å². The SMILES string of the molecule is CC(=O)CC(=O)C(F)(F)F.[Ru]. The summed E-state index contributed by atoms with van der Waals surface area (Å²) in [5.41, 5.74) is 0. The zero-order chi connectivity index (χ0) is 8.36. The number of rotatable bonds is 2. The Morgan fingerprint density at radius 2 is 1.64 bits per heavy atom. The molecule has 0 aromatic carbocycles. The first kappa shape index (κ1) is 13.4. The van der Waals surface area contributed by atoms with Crippen LogP contribution in [0.25, 0.3) is 0 Å². The Bertz CT molecular complexity index is 164. The summed E-state index contributed by atoms with van der Waals surface area (Å²) in [4.78, 5) is 19.9. The van der Waals surface area contributed by atoms with Crippen LogP contribution in [-0.2, 0) is 29.1 Å². The summed E-state index contributed by atoms with van der Waals surface area (Å²) in [5.74, 6) is -2.76. The van der Waals surface area contributed by atoms with E-state index < -0.39 is 24.2 Å². The van der Waals surface area contributed by atoms with E-state index in [1.807, 2.05) is 0 Å². The number of hydrogen-bond acceptors (Lipinski definition) is 2. The molecule has 0 amide bonds. The van der Waals surface area contributed by atoms with Crippen molar-refractivity contribution >= 4 is 11.6 Å². The molecule has 66 valence electrons. The number of halogens is 3. The normalized spacial score (nSPS) is 10.2. The van der Waals surface area contributed by atoms with Crippen LogP contribution in [0.4, 0.5) is 13.2 Å². The number of alkyl halides is 3. The van der Waals surface area contributed by atoms with E-state index in [-0.39, 0.29) is 19.5 Å². The van der Waals surface area contributed by atoms with Gasteiger partial charge in [-0.15, -0.1) is 0 Å². The van der Waals surface area contributed by atoms with Crippen LogP contribution in [-0.4, -0.2) is 17.7 Å². The molecule has 0 saturated heterocycles. The molecule has 0 atom stereocenters. The van der Waals surface area contributed by atoms with Gasteiger partial charge in [-0.1, -0.05) is 0 Å². The molecule has 6 heteroatoms. The number of hydrogen-bond donors (Lipinski definition) is 0. The second kappa shape index (κ2) is 4.59. The Balaban J connectivity index is 0. The van der Waals surface area contributed by atoms with E-state index in [0.717, 1.165) is 6.92 Å². The molecule has 0 unspecified atom stereocenters. The molecule has 0 aliphatic heterocycles. The topological polar surface area (TPSA) is 34.1 Å². The van der Waals surface area contributed by atoms with Crippen molar-refractivity contribution < 1.29 is 42.2 Å². The second-order valence-electron chi connectivity index (χ2n) is 1.80. The summed E-state index contributed by atoms with van der Waals surface area (Å²) >= 11 is 0. The second-order valence-corrected chi connectivity index (χ2v) is 1.80. The van der Waals surface area contributed by atoms with Gasteiger partial charge in [0.1, 0.15) is 5.78 Å². The molecule has 0 N–H and O–H groups in total. The maximum atomic E-state index is 11.3. The van der Waals surface area contributed by atoms with Crippen LogP contribution < -0.4 is 0 Å². The maximum absolute atomic E-state index is 11.3. The van der Waals surface area contributed by atoms with Gasteiger partial charge in [0.25, 0.3) is 0 Å². The van der Waals surface area contributed by atoms with Crippen molar-refractivity contribution in [2.45, 2.75) is 19.5 Å². The molecule has 2 nitrogen and oxygen atoms in total. The molecule has 11 heavy (non-hydrogen) atoms. The Kier molecular flexibility index (Phi) is 5.58. The average Bonchev–Trinajstić information content (AvgIpc) is 1.60. The molecule has 0 spiro atoms. The van der Waals surface area contributed by atoms with Crippen molar-refractivity contribution in [2.75, 3.05) is 0 Å². The average molecular weight is 255 g/mol.